The van der Waals surface area contributed by atoms with Crippen molar-refractivity contribution in [3.05, 3.63) is 12.2 Å². The lowest BCUT2D eigenvalue weighted by Crippen LogP contribution is -2.35. The molecule has 0 aromatic carbocycles. The summed E-state index contributed by atoms with van der Waals surface area (Å²) < 4.78 is 0. The Labute approximate surface area is 83.4 Å². The average molecular weight is 183 g/mol. The van der Waals surface area contributed by atoms with Crippen LogP contribution < -0.4 is 5.73 Å². The van der Waals surface area contributed by atoms with E-state index in [4.69, 9.17) is 5.73 Å². The van der Waals surface area contributed by atoms with E-state index in [0.717, 1.165) is 0 Å². The van der Waals surface area contributed by atoms with Crippen LogP contribution in [0.15, 0.2) is 12.2 Å². The normalized spacial score (nSPS) is 13.5. The minimum atomic E-state index is 0.245. The van der Waals surface area contributed by atoms with Gasteiger partial charge >= 0.3 is 0 Å². The highest BCUT2D eigenvalue weighted by molar-refractivity contribution is 5.10. The second kappa shape index (κ2) is 3.83. The second-order valence-electron chi connectivity index (χ2n) is 6.03. The average Bonchev–Trinajstić information content (AvgIpc) is 1.80. The summed E-state index contributed by atoms with van der Waals surface area (Å²) in [6, 6.07) is 0. The van der Waals surface area contributed by atoms with Crippen LogP contribution >= 0.6 is 0 Å². The predicted molar refractivity (Wildman–Crippen MR) is 60.6 cm³/mol. The van der Waals surface area contributed by atoms with E-state index < -0.39 is 0 Å². The van der Waals surface area contributed by atoms with E-state index in [2.05, 4.69) is 48.1 Å². The standard InChI is InChI=1S/C12H25N/c1-9(8-13)10(11(2,3)4)12(5,6)7/h10H,1,8,13H2,2-7H3. The number of rotatable bonds is 2. The molecule has 13 heavy (non-hydrogen) atoms. The molecule has 0 rings (SSSR count). The summed E-state index contributed by atoms with van der Waals surface area (Å²) in [6.45, 7) is 18.2. The molecule has 78 valence electrons. The van der Waals surface area contributed by atoms with Crippen LogP contribution in [0.25, 0.3) is 0 Å². The Balaban J connectivity index is 4.89. The second-order valence-corrected chi connectivity index (χ2v) is 6.03. The van der Waals surface area contributed by atoms with Gasteiger partial charge < -0.3 is 5.73 Å². The van der Waals surface area contributed by atoms with Crippen molar-refractivity contribution in [3.8, 4) is 0 Å². The fraction of sp³-hybridized carbons (Fsp3) is 0.833. The third-order valence-electron chi connectivity index (χ3n) is 2.40. The number of nitrogens with two attached hydrogens (primary N) is 1. The third kappa shape index (κ3) is 3.51. The highest BCUT2D eigenvalue weighted by atomic mass is 14.6. The maximum absolute atomic E-state index is 5.67. The van der Waals surface area contributed by atoms with Gasteiger partial charge in [0.2, 0.25) is 0 Å². The van der Waals surface area contributed by atoms with Crippen LogP contribution in [0.5, 0.6) is 0 Å². The van der Waals surface area contributed by atoms with Gasteiger partial charge in [-0.25, -0.2) is 0 Å². The van der Waals surface area contributed by atoms with Gasteiger partial charge in [-0.2, -0.15) is 0 Å². The molecule has 1 nitrogen and oxygen atoms in total. The topological polar surface area (TPSA) is 26.0 Å². The Morgan fingerprint density at radius 3 is 1.46 bits per heavy atom. The van der Waals surface area contributed by atoms with E-state index in [1.165, 1.54) is 5.57 Å². The van der Waals surface area contributed by atoms with Crippen LogP contribution in [-0.4, -0.2) is 6.54 Å². The Bertz CT molecular complexity index is 164. The van der Waals surface area contributed by atoms with Crippen molar-refractivity contribution in [1.82, 2.24) is 0 Å². The summed E-state index contributed by atoms with van der Waals surface area (Å²) in [5.74, 6) is 0.477. The van der Waals surface area contributed by atoms with Crippen LogP contribution in [0.4, 0.5) is 0 Å². The molecular weight excluding hydrogens is 158 g/mol. The molecule has 0 amide bonds. The van der Waals surface area contributed by atoms with Gasteiger partial charge in [-0.3, -0.25) is 0 Å². The molecule has 0 atom stereocenters. The number of hydrogen-bond donors (Lipinski definition) is 1. The van der Waals surface area contributed by atoms with E-state index in [1.54, 1.807) is 0 Å². The molecule has 0 saturated heterocycles. The zero-order chi connectivity index (χ0) is 10.9. The van der Waals surface area contributed by atoms with Crippen LogP contribution in [0.3, 0.4) is 0 Å². The molecular formula is C12H25N. The minimum Gasteiger partial charge on any atom is -0.327 e. The molecule has 0 aliphatic carbocycles. The van der Waals surface area contributed by atoms with Crippen molar-refractivity contribution in [2.24, 2.45) is 22.5 Å². The molecule has 0 radical (unpaired) electrons. The highest BCUT2D eigenvalue weighted by Gasteiger charge is 2.35. The van der Waals surface area contributed by atoms with Crippen LogP contribution in [0.2, 0.25) is 0 Å². The summed E-state index contributed by atoms with van der Waals surface area (Å²) in [7, 11) is 0. The van der Waals surface area contributed by atoms with Gasteiger partial charge in [0.1, 0.15) is 0 Å². The van der Waals surface area contributed by atoms with Gasteiger partial charge in [0.15, 0.2) is 0 Å². The maximum atomic E-state index is 5.67. The van der Waals surface area contributed by atoms with Crippen LogP contribution in [-0.2, 0) is 0 Å². The molecule has 0 aromatic rings. The predicted octanol–water partition coefficient (Wildman–Crippen LogP) is 3.21. The summed E-state index contributed by atoms with van der Waals surface area (Å²) in [6.07, 6.45) is 0. The van der Waals surface area contributed by atoms with E-state index >= 15 is 0 Å². The SMILES string of the molecule is C=C(CN)C(C(C)(C)C)C(C)(C)C. The molecule has 0 aliphatic heterocycles. The first-order valence-electron chi connectivity index (χ1n) is 4.98. The van der Waals surface area contributed by atoms with E-state index in [0.29, 0.717) is 12.5 Å². The molecule has 0 heterocycles. The Morgan fingerprint density at radius 2 is 1.38 bits per heavy atom. The summed E-state index contributed by atoms with van der Waals surface area (Å²) in [5, 5.41) is 0. The van der Waals surface area contributed by atoms with Gasteiger partial charge in [0, 0.05) is 6.54 Å². The van der Waals surface area contributed by atoms with Crippen LogP contribution in [0.1, 0.15) is 41.5 Å². The van der Waals surface area contributed by atoms with Crippen molar-refractivity contribution in [1.29, 1.82) is 0 Å². The Morgan fingerprint density at radius 1 is 1.08 bits per heavy atom. The van der Waals surface area contributed by atoms with E-state index in [9.17, 15) is 0 Å². The Kier molecular flexibility index (Phi) is 3.74. The molecule has 0 aliphatic rings. The fourth-order valence-electron chi connectivity index (χ4n) is 2.64. The lowest BCUT2D eigenvalue weighted by atomic mass is 9.63. The van der Waals surface area contributed by atoms with Gasteiger partial charge in [0.05, 0.1) is 0 Å². The fourth-order valence-corrected chi connectivity index (χ4v) is 2.64. The largest absolute Gasteiger partial charge is 0.327 e. The quantitative estimate of drug-likeness (QED) is 0.654. The van der Waals surface area contributed by atoms with Crippen molar-refractivity contribution in [3.63, 3.8) is 0 Å². The van der Waals surface area contributed by atoms with Gasteiger partial charge in [0.25, 0.3) is 0 Å². The van der Waals surface area contributed by atoms with Crippen molar-refractivity contribution in [2.45, 2.75) is 41.5 Å². The maximum Gasteiger partial charge on any atom is 0.0137 e. The third-order valence-corrected chi connectivity index (χ3v) is 2.40. The smallest absolute Gasteiger partial charge is 0.0137 e. The molecule has 0 bridgehead atoms. The monoisotopic (exact) mass is 183 g/mol. The molecule has 0 fully saturated rings. The first-order valence-corrected chi connectivity index (χ1v) is 4.98. The van der Waals surface area contributed by atoms with Crippen molar-refractivity contribution < 1.29 is 0 Å². The van der Waals surface area contributed by atoms with E-state index in [-0.39, 0.29) is 10.8 Å². The van der Waals surface area contributed by atoms with Crippen molar-refractivity contribution in [2.75, 3.05) is 6.54 Å². The first-order chi connectivity index (χ1) is 5.60. The van der Waals surface area contributed by atoms with Crippen molar-refractivity contribution >= 4 is 0 Å². The Hall–Kier alpha value is -0.300. The summed E-state index contributed by atoms with van der Waals surface area (Å²) >= 11 is 0. The van der Waals surface area contributed by atoms with E-state index in [1.807, 2.05) is 0 Å². The lowest BCUT2D eigenvalue weighted by molar-refractivity contribution is 0.136. The number of hydrogen-bond acceptors (Lipinski definition) is 1. The highest BCUT2D eigenvalue weighted by Crippen LogP contribution is 2.43. The molecule has 1 heteroatoms. The summed E-state index contributed by atoms with van der Waals surface area (Å²) in [4.78, 5) is 0. The van der Waals surface area contributed by atoms with Crippen LogP contribution in [0, 0.1) is 16.7 Å². The minimum absolute atomic E-state index is 0.245. The van der Waals surface area contributed by atoms with Gasteiger partial charge in [-0.05, 0) is 16.7 Å². The van der Waals surface area contributed by atoms with Gasteiger partial charge in [-0.15, -0.1) is 0 Å². The first kappa shape index (κ1) is 12.7. The zero-order valence-corrected chi connectivity index (χ0v) is 10.1. The summed E-state index contributed by atoms with van der Waals surface area (Å²) in [5.41, 5.74) is 7.32. The molecule has 0 spiro atoms. The van der Waals surface area contributed by atoms with Gasteiger partial charge in [-0.1, -0.05) is 53.7 Å². The molecule has 2 N–H and O–H groups in total. The molecule has 0 aromatic heterocycles. The molecule has 0 unspecified atom stereocenters. The lowest BCUT2D eigenvalue weighted by Gasteiger charge is -2.42. The molecule has 0 saturated carbocycles. The zero-order valence-electron chi connectivity index (χ0n) is 10.1.